The number of hydrogen-bond acceptors (Lipinski definition) is 6. The topological polar surface area (TPSA) is 101 Å². The third-order valence-corrected chi connectivity index (χ3v) is 5.85. The van der Waals surface area contributed by atoms with E-state index >= 15 is 0 Å². The van der Waals surface area contributed by atoms with Gasteiger partial charge in [0.25, 0.3) is 5.56 Å². The summed E-state index contributed by atoms with van der Waals surface area (Å²) in [7, 11) is 0. The average molecular weight is 446 g/mol. The molecule has 0 aliphatic carbocycles. The van der Waals surface area contributed by atoms with E-state index in [2.05, 4.69) is 30.2 Å². The minimum Gasteiger partial charge on any atom is -0.360 e. The molecule has 9 heteroatoms. The van der Waals surface area contributed by atoms with Gasteiger partial charge in [-0.25, -0.2) is 15.0 Å². The first-order chi connectivity index (χ1) is 15.6. The van der Waals surface area contributed by atoms with Crippen molar-refractivity contribution in [2.45, 2.75) is 26.3 Å². The molecule has 0 amide bonds. The molecule has 5 aromatic rings. The molecule has 0 fully saturated rings. The number of anilines is 1. The zero-order valence-electron chi connectivity index (χ0n) is 17.5. The molecule has 4 aromatic heterocycles. The number of aromatic nitrogens is 6. The number of H-pyrrole nitrogens is 1. The summed E-state index contributed by atoms with van der Waals surface area (Å²) < 4.78 is 1.70. The third-order valence-electron chi connectivity index (χ3n) is 5.54. The number of aryl methyl sites for hydroxylation is 1. The van der Waals surface area contributed by atoms with E-state index in [1.54, 1.807) is 23.2 Å². The Kier molecular flexibility index (Phi) is 5.07. The largest absolute Gasteiger partial charge is 0.360 e. The molecule has 0 aliphatic rings. The van der Waals surface area contributed by atoms with Crippen LogP contribution in [-0.2, 0) is 0 Å². The van der Waals surface area contributed by atoms with Crippen LogP contribution in [0.5, 0.6) is 0 Å². The Hall–Kier alpha value is -3.78. The summed E-state index contributed by atoms with van der Waals surface area (Å²) in [5.74, 6) is 0.594. The molecule has 0 saturated heterocycles. The fourth-order valence-electron chi connectivity index (χ4n) is 3.98. The summed E-state index contributed by atoms with van der Waals surface area (Å²) >= 11 is 6.44. The summed E-state index contributed by atoms with van der Waals surface area (Å²) in [4.78, 5) is 34.1. The lowest BCUT2D eigenvalue weighted by molar-refractivity contribution is 0.687. The molecule has 2 N–H and O–H groups in total. The van der Waals surface area contributed by atoms with Crippen molar-refractivity contribution in [3.63, 3.8) is 0 Å². The molecule has 0 aliphatic heterocycles. The van der Waals surface area contributed by atoms with Crippen molar-refractivity contribution in [1.82, 2.24) is 29.5 Å². The summed E-state index contributed by atoms with van der Waals surface area (Å²) in [6.07, 6.45) is 5.47. The molecule has 1 aromatic carbocycles. The first kappa shape index (κ1) is 20.1. The second-order valence-corrected chi connectivity index (χ2v) is 7.86. The van der Waals surface area contributed by atoms with E-state index in [1.807, 2.05) is 44.2 Å². The number of hydrogen-bond donors (Lipinski definition) is 2. The number of fused-ring (bicyclic) bond motifs is 2. The van der Waals surface area contributed by atoms with Gasteiger partial charge in [-0.15, -0.1) is 0 Å². The molecule has 1 atom stereocenters. The predicted molar refractivity (Wildman–Crippen MR) is 125 cm³/mol. The highest BCUT2D eigenvalue weighted by Crippen LogP contribution is 2.30. The minimum atomic E-state index is -0.236. The Bertz CT molecular complexity index is 1510. The molecule has 8 nitrogen and oxygen atoms in total. The van der Waals surface area contributed by atoms with Gasteiger partial charge < -0.3 is 10.3 Å². The first-order valence-electron chi connectivity index (χ1n) is 10.2. The Labute approximate surface area is 188 Å². The van der Waals surface area contributed by atoms with Gasteiger partial charge in [0.15, 0.2) is 11.5 Å². The maximum atomic E-state index is 13.7. The zero-order chi connectivity index (χ0) is 22.2. The molecule has 0 spiro atoms. The second-order valence-electron chi connectivity index (χ2n) is 7.45. The van der Waals surface area contributed by atoms with E-state index < -0.39 is 0 Å². The average Bonchev–Trinajstić information content (AvgIpc) is 3.28. The van der Waals surface area contributed by atoms with Gasteiger partial charge in [-0.3, -0.25) is 14.3 Å². The van der Waals surface area contributed by atoms with Crippen LogP contribution >= 0.6 is 11.6 Å². The molecular formula is C23H20ClN7O. The summed E-state index contributed by atoms with van der Waals surface area (Å²) in [6.45, 7) is 3.93. The number of nitrogens with one attached hydrogen (secondary N) is 2. The second kappa shape index (κ2) is 8.05. The summed E-state index contributed by atoms with van der Waals surface area (Å²) in [5, 5.41) is 5.14. The van der Waals surface area contributed by atoms with Gasteiger partial charge in [-0.2, -0.15) is 0 Å². The highest BCUT2D eigenvalue weighted by molar-refractivity contribution is 6.35. The van der Waals surface area contributed by atoms with E-state index in [4.69, 9.17) is 11.6 Å². The Morgan fingerprint density at radius 3 is 2.84 bits per heavy atom. The number of rotatable bonds is 5. The maximum Gasteiger partial charge on any atom is 0.264 e. The SMILES string of the molecule is CC[C@H](Nc1ncnc2[nH]cnc12)c1cc2cccc(Cl)c2c(=O)n1-c1cccnc1C. The van der Waals surface area contributed by atoms with E-state index in [-0.39, 0.29) is 11.6 Å². The smallest absolute Gasteiger partial charge is 0.264 e. The van der Waals surface area contributed by atoms with Crippen LogP contribution in [0.4, 0.5) is 5.82 Å². The van der Waals surface area contributed by atoms with Crippen molar-refractivity contribution >= 4 is 39.4 Å². The van der Waals surface area contributed by atoms with Crippen molar-refractivity contribution in [2.24, 2.45) is 0 Å². The molecule has 0 radical (unpaired) electrons. The molecule has 4 heterocycles. The quantitative estimate of drug-likeness (QED) is 0.410. The number of nitrogens with zero attached hydrogens (tertiary/aromatic N) is 5. The van der Waals surface area contributed by atoms with E-state index in [0.717, 1.165) is 16.8 Å². The zero-order valence-corrected chi connectivity index (χ0v) is 18.3. The predicted octanol–water partition coefficient (Wildman–Crippen LogP) is 4.58. The van der Waals surface area contributed by atoms with Gasteiger partial charge in [0.2, 0.25) is 0 Å². The monoisotopic (exact) mass is 445 g/mol. The maximum absolute atomic E-state index is 13.7. The van der Waals surface area contributed by atoms with Crippen molar-refractivity contribution in [2.75, 3.05) is 5.32 Å². The molecule has 160 valence electrons. The molecular weight excluding hydrogens is 426 g/mol. The lowest BCUT2D eigenvalue weighted by Crippen LogP contribution is -2.27. The van der Waals surface area contributed by atoms with Crippen LogP contribution in [-0.4, -0.2) is 29.5 Å². The van der Waals surface area contributed by atoms with Gasteiger partial charge in [0, 0.05) is 11.9 Å². The molecule has 32 heavy (non-hydrogen) atoms. The van der Waals surface area contributed by atoms with E-state index in [9.17, 15) is 4.79 Å². The van der Waals surface area contributed by atoms with Gasteiger partial charge in [0.05, 0.1) is 34.2 Å². The van der Waals surface area contributed by atoms with E-state index in [1.165, 1.54) is 6.33 Å². The molecule has 0 saturated carbocycles. The van der Waals surface area contributed by atoms with Crippen molar-refractivity contribution in [3.05, 3.63) is 82.0 Å². The number of benzene rings is 1. The highest BCUT2D eigenvalue weighted by Gasteiger charge is 2.22. The Balaban J connectivity index is 1.76. The normalized spacial score (nSPS) is 12.3. The first-order valence-corrected chi connectivity index (χ1v) is 10.6. The Morgan fingerprint density at radius 2 is 2.03 bits per heavy atom. The van der Waals surface area contributed by atoms with Crippen LogP contribution in [0.15, 0.2) is 60.0 Å². The van der Waals surface area contributed by atoms with Crippen LogP contribution in [0.1, 0.15) is 30.8 Å². The number of pyridine rings is 2. The minimum absolute atomic E-state index is 0.188. The molecule has 5 rings (SSSR count). The molecule has 0 bridgehead atoms. The summed E-state index contributed by atoms with van der Waals surface area (Å²) in [6, 6.07) is 11.0. The highest BCUT2D eigenvalue weighted by atomic mass is 35.5. The van der Waals surface area contributed by atoms with Crippen LogP contribution < -0.4 is 10.9 Å². The number of halogens is 1. The summed E-state index contributed by atoms with van der Waals surface area (Å²) in [5.41, 5.74) is 3.33. The Morgan fingerprint density at radius 1 is 1.16 bits per heavy atom. The number of imidazole rings is 1. The van der Waals surface area contributed by atoms with Crippen LogP contribution in [0.3, 0.4) is 0 Å². The lowest BCUT2D eigenvalue weighted by Gasteiger charge is -2.24. The van der Waals surface area contributed by atoms with Crippen molar-refractivity contribution in [3.8, 4) is 5.69 Å². The standard InChI is InChI=1S/C23H20ClN7O/c1-3-16(30-22-20-21(27-11-26-20)28-12-29-22)18-10-14-6-4-7-15(24)19(14)23(32)31(18)17-8-5-9-25-13(17)2/h4-12,16H,3H2,1-2H3,(H2,26,27,28,29,30)/t16-/m0/s1. The van der Waals surface area contributed by atoms with Crippen LogP contribution in [0, 0.1) is 6.92 Å². The lowest BCUT2D eigenvalue weighted by atomic mass is 10.0. The fourth-order valence-corrected chi connectivity index (χ4v) is 4.24. The van der Waals surface area contributed by atoms with Crippen molar-refractivity contribution in [1.29, 1.82) is 0 Å². The third kappa shape index (κ3) is 3.29. The number of aromatic amines is 1. The van der Waals surface area contributed by atoms with Gasteiger partial charge in [-0.05, 0) is 43.0 Å². The van der Waals surface area contributed by atoms with Crippen LogP contribution in [0.2, 0.25) is 5.02 Å². The fraction of sp³-hybridized carbons (Fsp3) is 0.174. The molecule has 0 unspecified atom stereocenters. The van der Waals surface area contributed by atoms with Gasteiger partial charge in [0.1, 0.15) is 11.8 Å². The van der Waals surface area contributed by atoms with Crippen LogP contribution in [0.25, 0.3) is 27.6 Å². The van der Waals surface area contributed by atoms with E-state index in [0.29, 0.717) is 39.5 Å². The van der Waals surface area contributed by atoms with Crippen molar-refractivity contribution < 1.29 is 0 Å². The van der Waals surface area contributed by atoms with Gasteiger partial charge >= 0.3 is 0 Å². The van der Waals surface area contributed by atoms with Gasteiger partial charge in [-0.1, -0.05) is 30.7 Å².